The normalized spacial score (nSPS) is 17.5. The molecule has 0 radical (unpaired) electrons. The number of aryl methyl sites for hydroxylation is 1. The molecule has 204 valence electrons. The van der Waals surface area contributed by atoms with Gasteiger partial charge in [0.1, 0.15) is 6.04 Å². The van der Waals surface area contributed by atoms with Crippen LogP contribution in [0.4, 0.5) is 21.9 Å². The lowest BCUT2D eigenvalue weighted by Gasteiger charge is -2.25. The number of carboxylic acids is 1. The molecule has 4 aromatic rings. The molecule has 40 heavy (non-hydrogen) atoms. The molecule has 2 aliphatic heterocycles. The topological polar surface area (TPSA) is 143 Å². The van der Waals surface area contributed by atoms with E-state index in [1.54, 1.807) is 24.3 Å². The third-order valence-electron chi connectivity index (χ3n) is 7.02. The molecule has 2 heterocycles. The maximum Gasteiger partial charge on any atom is 0.411 e. The first-order valence-corrected chi connectivity index (χ1v) is 13.0. The zero-order chi connectivity index (χ0) is 28.2. The summed E-state index contributed by atoms with van der Waals surface area (Å²) < 4.78 is 5.37. The minimum absolute atomic E-state index is 0.176. The highest BCUT2D eigenvalue weighted by atomic mass is 16.5. The van der Waals surface area contributed by atoms with Crippen LogP contribution in [-0.2, 0) is 20.7 Å². The van der Waals surface area contributed by atoms with Crippen LogP contribution in [0.3, 0.4) is 0 Å². The van der Waals surface area contributed by atoms with Gasteiger partial charge < -0.3 is 26.2 Å². The Morgan fingerprint density at radius 1 is 1.02 bits per heavy atom. The summed E-state index contributed by atoms with van der Waals surface area (Å²) >= 11 is 0. The lowest BCUT2D eigenvalue weighted by atomic mass is 9.96. The smallest absolute Gasteiger partial charge is 0.411 e. The molecule has 0 saturated carbocycles. The molecule has 9 nitrogen and oxygen atoms in total. The fourth-order valence-corrected chi connectivity index (χ4v) is 4.97. The van der Waals surface area contributed by atoms with Crippen molar-refractivity contribution in [3.63, 3.8) is 0 Å². The molecule has 0 spiro atoms. The van der Waals surface area contributed by atoms with Crippen LogP contribution in [0.25, 0.3) is 10.8 Å². The van der Waals surface area contributed by atoms with E-state index in [-0.39, 0.29) is 13.0 Å². The number of nitrogens with two attached hydrogens (primary N) is 1. The van der Waals surface area contributed by atoms with E-state index >= 15 is 0 Å². The second kappa shape index (κ2) is 11.4. The summed E-state index contributed by atoms with van der Waals surface area (Å²) in [5.74, 6) is -1.47. The highest BCUT2D eigenvalue weighted by Gasteiger charge is 2.26. The fourth-order valence-electron chi connectivity index (χ4n) is 4.97. The first-order chi connectivity index (χ1) is 19.3. The predicted molar refractivity (Wildman–Crippen MR) is 154 cm³/mol. The van der Waals surface area contributed by atoms with Crippen molar-refractivity contribution in [3.05, 3.63) is 101 Å². The number of aliphatic carboxylic acids is 1. The van der Waals surface area contributed by atoms with E-state index in [1.807, 2.05) is 61.5 Å². The maximum absolute atomic E-state index is 13.9. The Morgan fingerprint density at radius 3 is 2.65 bits per heavy atom. The maximum atomic E-state index is 13.9. The summed E-state index contributed by atoms with van der Waals surface area (Å²) in [4.78, 5) is 38.0. The number of hydrogen-bond acceptors (Lipinski definition) is 6. The number of ether oxygens (including phenoxy) is 1. The number of carboxylic acid groups (broad SMARTS) is 1. The Balaban J connectivity index is 1.56. The number of nitrogens with one attached hydrogen (secondary N) is 3. The molecule has 4 bridgehead atoms. The summed E-state index contributed by atoms with van der Waals surface area (Å²) in [6.07, 6.45) is -0.449. The van der Waals surface area contributed by atoms with Gasteiger partial charge >= 0.3 is 12.1 Å². The van der Waals surface area contributed by atoms with Gasteiger partial charge in [0, 0.05) is 28.9 Å². The van der Waals surface area contributed by atoms with Gasteiger partial charge in [-0.25, -0.2) is 4.79 Å². The highest BCUT2D eigenvalue weighted by Crippen LogP contribution is 2.29. The standard InChI is InChI=1S/C31H30N4O5/c1-18-14-22-9-8-19(18)12-13-40-31(39)34-23-6-2-5-21(16-23)27(17-28(36)37)35-30(38)29(22)33-24-10-11-25-20(15-24)4-3-7-26(25)32/h2-11,14-16,27,29,33H,12-13,17,32H2,1H3,(H,34,39)(H,35,38)(H,36,37)/t27-,29?/m0/s1. The van der Waals surface area contributed by atoms with E-state index in [9.17, 15) is 19.5 Å². The number of rotatable bonds is 4. The summed E-state index contributed by atoms with van der Waals surface area (Å²) in [6.45, 7) is 2.11. The van der Waals surface area contributed by atoms with E-state index in [2.05, 4.69) is 16.0 Å². The van der Waals surface area contributed by atoms with E-state index in [0.29, 0.717) is 34.6 Å². The minimum Gasteiger partial charge on any atom is -0.481 e. The number of carbonyl (C=O) groups excluding carboxylic acids is 2. The molecule has 1 unspecified atom stereocenters. The van der Waals surface area contributed by atoms with Gasteiger partial charge in [0.05, 0.1) is 19.1 Å². The van der Waals surface area contributed by atoms with Gasteiger partial charge in [0.25, 0.3) is 0 Å². The Morgan fingerprint density at radius 2 is 1.85 bits per heavy atom. The lowest BCUT2D eigenvalue weighted by Crippen LogP contribution is -2.37. The van der Waals surface area contributed by atoms with Crippen molar-refractivity contribution in [1.29, 1.82) is 0 Å². The van der Waals surface area contributed by atoms with Crippen LogP contribution in [0.5, 0.6) is 0 Å². The second-order valence-corrected chi connectivity index (χ2v) is 9.84. The molecule has 9 heteroatoms. The SMILES string of the molecule is Cc1cc2ccc1CCOC(=O)Nc1cccc(c1)[C@H](CC(=O)O)NC(=O)C2Nc1ccc2c(N)cccc2c1. The predicted octanol–water partition coefficient (Wildman–Crippen LogP) is 5.32. The van der Waals surface area contributed by atoms with Gasteiger partial charge in [-0.1, -0.05) is 48.5 Å². The van der Waals surface area contributed by atoms with Crippen LogP contribution in [0.15, 0.2) is 78.9 Å². The van der Waals surface area contributed by atoms with Gasteiger partial charge in [0.15, 0.2) is 0 Å². The molecule has 6 rings (SSSR count). The van der Waals surface area contributed by atoms with Gasteiger partial charge in [-0.05, 0) is 64.9 Å². The quantitative estimate of drug-likeness (QED) is 0.221. The fraction of sp³-hybridized carbons (Fsp3) is 0.194. The molecule has 0 saturated heterocycles. The largest absolute Gasteiger partial charge is 0.481 e. The monoisotopic (exact) mass is 538 g/mol. The Hall–Kier alpha value is -5.05. The lowest BCUT2D eigenvalue weighted by molar-refractivity contribution is -0.137. The third-order valence-corrected chi connectivity index (χ3v) is 7.02. The molecular formula is C31H30N4O5. The van der Waals surface area contributed by atoms with Crippen LogP contribution in [0.1, 0.15) is 40.8 Å². The zero-order valence-electron chi connectivity index (χ0n) is 21.9. The van der Waals surface area contributed by atoms with Crippen molar-refractivity contribution >= 4 is 45.8 Å². The van der Waals surface area contributed by atoms with E-state index in [4.69, 9.17) is 10.5 Å². The Bertz CT molecular complexity index is 1600. The first kappa shape index (κ1) is 26.6. The van der Waals surface area contributed by atoms with Gasteiger partial charge in [-0.2, -0.15) is 0 Å². The number of nitrogen functional groups attached to an aromatic ring is 1. The van der Waals surface area contributed by atoms with Crippen molar-refractivity contribution in [1.82, 2.24) is 5.32 Å². The zero-order valence-corrected chi connectivity index (χ0v) is 21.9. The van der Waals surface area contributed by atoms with Crippen molar-refractivity contribution < 1.29 is 24.2 Å². The van der Waals surface area contributed by atoms with E-state index < -0.39 is 30.1 Å². The third kappa shape index (κ3) is 5.99. The molecule has 0 aliphatic carbocycles. The molecule has 0 fully saturated rings. The molecule has 4 aromatic carbocycles. The molecule has 0 aromatic heterocycles. The van der Waals surface area contributed by atoms with Crippen molar-refractivity contribution in [2.75, 3.05) is 23.0 Å². The Kier molecular flexibility index (Phi) is 7.54. The first-order valence-electron chi connectivity index (χ1n) is 13.0. The number of amides is 2. The highest BCUT2D eigenvalue weighted by molar-refractivity contribution is 5.95. The van der Waals surface area contributed by atoms with E-state index in [1.165, 1.54) is 0 Å². The summed E-state index contributed by atoms with van der Waals surface area (Å²) in [6, 6.07) is 22.1. The van der Waals surface area contributed by atoms with Crippen molar-refractivity contribution in [2.45, 2.75) is 31.8 Å². The second-order valence-electron chi connectivity index (χ2n) is 9.84. The molecule has 2 atom stereocenters. The van der Waals surface area contributed by atoms with Crippen molar-refractivity contribution in [2.24, 2.45) is 0 Å². The van der Waals surface area contributed by atoms with Crippen LogP contribution in [0, 0.1) is 6.92 Å². The molecular weight excluding hydrogens is 508 g/mol. The number of carbonyl (C=O) groups is 3. The summed E-state index contributed by atoms with van der Waals surface area (Å²) in [5.41, 5.74) is 11.1. The number of benzene rings is 4. The van der Waals surface area contributed by atoms with Gasteiger partial charge in [0.2, 0.25) is 5.91 Å². The average Bonchev–Trinajstić information content (AvgIpc) is 2.92. The van der Waals surface area contributed by atoms with Gasteiger partial charge in [-0.3, -0.25) is 14.9 Å². The number of anilines is 3. The number of fused-ring (bicyclic) bond motifs is 10. The summed E-state index contributed by atoms with van der Waals surface area (Å²) in [7, 11) is 0. The van der Waals surface area contributed by atoms with Gasteiger partial charge in [-0.15, -0.1) is 0 Å². The minimum atomic E-state index is -1.07. The average molecular weight is 539 g/mol. The van der Waals surface area contributed by atoms with E-state index in [0.717, 1.165) is 21.9 Å². The Labute approximate surface area is 231 Å². The van der Waals surface area contributed by atoms with Crippen LogP contribution in [0.2, 0.25) is 0 Å². The number of hydrogen-bond donors (Lipinski definition) is 5. The van der Waals surface area contributed by atoms with Crippen LogP contribution < -0.4 is 21.7 Å². The van der Waals surface area contributed by atoms with Crippen LogP contribution >= 0.6 is 0 Å². The van der Waals surface area contributed by atoms with Crippen molar-refractivity contribution in [3.8, 4) is 0 Å². The molecule has 6 N–H and O–H groups in total. The summed E-state index contributed by atoms with van der Waals surface area (Å²) in [5, 5.41) is 20.4. The van der Waals surface area contributed by atoms with Crippen LogP contribution in [-0.4, -0.2) is 29.7 Å². The molecule has 2 aliphatic rings. The molecule has 2 amide bonds.